The number of ether oxygens (including phenoxy) is 2. The van der Waals surface area contributed by atoms with Crippen molar-refractivity contribution >= 4 is 29.9 Å². The maximum atomic E-state index is 5.79. The van der Waals surface area contributed by atoms with Crippen LogP contribution in [0.1, 0.15) is 24.5 Å². The lowest BCUT2D eigenvalue weighted by Crippen LogP contribution is -2.36. The molecule has 0 aliphatic rings. The fraction of sp³-hybridized carbons (Fsp3) is 0.435. The monoisotopic (exact) mass is 526 g/mol. The maximum Gasteiger partial charge on any atom is 0.191 e. The van der Waals surface area contributed by atoms with Gasteiger partial charge in [-0.2, -0.15) is 0 Å². The van der Waals surface area contributed by atoms with Crippen molar-refractivity contribution < 1.29 is 9.47 Å². The van der Waals surface area contributed by atoms with E-state index in [0.717, 1.165) is 49.1 Å². The summed E-state index contributed by atoms with van der Waals surface area (Å²) in [5.74, 6) is 2.55. The van der Waals surface area contributed by atoms with Gasteiger partial charge in [0.05, 0.1) is 20.3 Å². The minimum Gasteiger partial charge on any atom is -0.497 e. The Bertz CT molecular complexity index is 751. The summed E-state index contributed by atoms with van der Waals surface area (Å²) in [6.07, 6.45) is 1.02. The Morgan fingerprint density at radius 1 is 1.00 bits per heavy atom. The first kappa shape index (κ1) is 26.0. The number of hydrogen-bond acceptors (Lipinski definition) is 4. The molecule has 0 fully saturated rings. The molecule has 2 aromatic rings. The Morgan fingerprint density at radius 2 is 1.77 bits per heavy atom. The zero-order valence-corrected chi connectivity index (χ0v) is 20.8. The highest BCUT2D eigenvalue weighted by Crippen LogP contribution is 2.14. The van der Waals surface area contributed by atoms with Crippen molar-refractivity contribution in [3.05, 3.63) is 59.7 Å². The molecule has 0 aliphatic carbocycles. The summed E-state index contributed by atoms with van der Waals surface area (Å²) in [7, 11) is 5.82. The molecule has 0 atom stereocenters. The van der Waals surface area contributed by atoms with Crippen LogP contribution in [-0.2, 0) is 13.1 Å². The minimum atomic E-state index is 0. The summed E-state index contributed by atoms with van der Waals surface area (Å²) in [4.78, 5) is 6.83. The van der Waals surface area contributed by atoms with Crippen molar-refractivity contribution in [2.75, 3.05) is 40.9 Å². The number of halogens is 1. The predicted molar refractivity (Wildman–Crippen MR) is 135 cm³/mol. The lowest BCUT2D eigenvalue weighted by molar-refractivity contribution is 0.281. The number of benzene rings is 2. The number of methoxy groups -OCH3 is 1. The molecule has 0 aromatic heterocycles. The Labute approximate surface area is 198 Å². The van der Waals surface area contributed by atoms with E-state index in [2.05, 4.69) is 53.7 Å². The molecule has 0 saturated carbocycles. The normalized spacial score (nSPS) is 11.0. The second-order valence-electron chi connectivity index (χ2n) is 7.05. The van der Waals surface area contributed by atoms with Crippen molar-refractivity contribution in [3.8, 4) is 11.5 Å². The van der Waals surface area contributed by atoms with E-state index in [0.29, 0.717) is 13.1 Å². The second-order valence-corrected chi connectivity index (χ2v) is 7.05. The van der Waals surface area contributed by atoms with Crippen LogP contribution in [0.15, 0.2) is 53.5 Å². The molecule has 0 bridgehead atoms. The summed E-state index contributed by atoms with van der Waals surface area (Å²) >= 11 is 0. The molecule has 166 valence electrons. The van der Waals surface area contributed by atoms with Crippen LogP contribution in [0.5, 0.6) is 11.5 Å². The van der Waals surface area contributed by atoms with Gasteiger partial charge in [0, 0.05) is 19.6 Å². The second kappa shape index (κ2) is 14.9. The fourth-order valence-electron chi connectivity index (χ4n) is 2.74. The number of nitrogens with one attached hydrogen (secondary N) is 2. The molecule has 0 saturated heterocycles. The number of nitrogens with zero attached hydrogens (tertiary/aromatic N) is 2. The van der Waals surface area contributed by atoms with Gasteiger partial charge in [-0.15, -0.1) is 24.0 Å². The summed E-state index contributed by atoms with van der Waals surface area (Å²) < 4.78 is 11.1. The van der Waals surface area contributed by atoms with Crippen LogP contribution < -0.4 is 20.1 Å². The van der Waals surface area contributed by atoms with E-state index in [9.17, 15) is 0 Å². The van der Waals surface area contributed by atoms with Crippen molar-refractivity contribution in [2.24, 2.45) is 4.99 Å². The van der Waals surface area contributed by atoms with Crippen LogP contribution in [-0.4, -0.2) is 51.8 Å². The van der Waals surface area contributed by atoms with E-state index in [1.165, 1.54) is 5.56 Å². The van der Waals surface area contributed by atoms with Crippen molar-refractivity contribution in [1.29, 1.82) is 0 Å². The van der Waals surface area contributed by atoms with Gasteiger partial charge in [0.15, 0.2) is 5.96 Å². The molecule has 6 nitrogen and oxygen atoms in total. The first-order valence-electron chi connectivity index (χ1n) is 10.1. The van der Waals surface area contributed by atoms with Crippen molar-refractivity contribution in [2.45, 2.75) is 26.4 Å². The number of aliphatic imine (C=N–C) groups is 1. The smallest absolute Gasteiger partial charge is 0.191 e. The lowest BCUT2D eigenvalue weighted by Gasteiger charge is -2.13. The van der Waals surface area contributed by atoms with Gasteiger partial charge in [0.2, 0.25) is 0 Å². The van der Waals surface area contributed by atoms with E-state index < -0.39 is 0 Å². The standard InChI is InChI=1S/C23H34N4O2.HI/c1-5-24-23(26-18-20-8-6-9-22(16-20)28-4)25-17-19-10-12-21(13-11-19)29-15-7-14-27(2)3;/h6,8-13,16H,5,7,14-15,17-18H2,1-4H3,(H2,24,25,26);1H. The van der Waals surface area contributed by atoms with Crippen molar-refractivity contribution in [3.63, 3.8) is 0 Å². The van der Waals surface area contributed by atoms with Crippen molar-refractivity contribution in [1.82, 2.24) is 15.5 Å². The van der Waals surface area contributed by atoms with Gasteiger partial charge in [-0.1, -0.05) is 24.3 Å². The van der Waals surface area contributed by atoms with E-state index >= 15 is 0 Å². The zero-order chi connectivity index (χ0) is 20.9. The van der Waals surface area contributed by atoms with Gasteiger partial charge in [-0.25, -0.2) is 4.99 Å². The Hall–Kier alpha value is -2.00. The van der Waals surface area contributed by atoms with Crippen LogP contribution in [0.3, 0.4) is 0 Å². The van der Waals surface area contributed by atoms with E-state index in [-0.39, 0.29) is 24.0 Å². The highest BCUT2D eigenvalue weighted by atomic mass is 127. The highest BCUT2D eigenvalue weighted by molar-refractivity contribution is 14.0. The number of hydrogen-bond donors (Lipinski definition) is 2. The minimum absolute atomic E-state index is 0. The molecule has 2 aromatic carbocycles. The van der Waals surface area contributed by atoms with Gasteiger partial charge >= 0.3 is 0 Å². The van der Waals surface area contributed by atoms with E-state index in [1.807, 2.05) is 36.4 Å². The quantitative estimate of drug-likeness (QED) is 0.201. The first-order valence-corrected chi connectivity index (χ1v) is 10.1. The molecule has 2 rings (SSSR count). The largest absolute Gasteiger partial charge is 0.497 e. The van der Waals surface area contributed by atoms with Gasteiger partial charge in [-0.3, -0.25) is 0 Å². The number of guanidine groups is 1. The van der Waals surface area contributed by atoms with E-state index in [1.54, 1.807) is 7.11 Å². The third-order valence-corrected chi connectivity index (χ3v) is 4.30. The molecule has 7 heteroatoms. The molecule has 0 amide bonds. The maximum absolute atomic E-state index is 5.79. The molecular formula is C23H35IN4O2. The molecule has 0 aliphatic heterocycles. The van der Waals surface area contributed by atoms with Gasteiger partial charge in [0.1, 0.15) is 11.5 Å². The third-order valence-electron chi connectivity index (χ3n) is 4.30. The van der Waals surface area contributed by atoms with Crippen LogP contribution in [0.2, 0.25) is 0 Å². The van der Waals surface area contributed by atoms with Crippen LogP contribution in [0.25, 0.3) is 0 Å². The molecule has 30 heavy (non-hydrogen) atoms. The topological polar surface area (TPSA) is 58.1 Å². The summed E-state index contributed by atoms with van der Waals surface area (Å²) in [5, 5.41) is 6.67. The summed E-state index contributed by atoms with van der Waals surface area (Å²) in [6.45, 7) is 5.92. The molecule has 0 spiro atoms. The van der Waals surface area contributed by atoms with Gasteiger partial charge in [0.25, 0.3) is 0 Å². The predicted octanol–water partition coefficient (Wildman–Crippen LogP) is 3.90. The number of rotatable bonds is 11. The summed E-state index contributed by atoms with van der Waals surface area (Å²) in [6, 6.07) is 16.2. The van der Waals surface area contributed by atoms with E-state index in [4.69, 9.17) is 9.47 Å². The Balaban J connectivity index is 0.00000450. The molecule has 0 heterocycles. The van der Waals surface area contributed by atoms with Crippen LogP contribution in [0.4, 0.5) is 0 Å². The van der Waals surface area contributed by atoms with Gasteiger partial charge < -0.3 is 25.0 Å². The molecular weight excluding hydrogens is 491 g/mol. The average molecular weight is 526 g/mol. The molecule has 0 radical (unpaired) electrons. The molecule has 2 N–H and O–H groups in total. The fourth-order valence-corrected chi connectivity index (χ4v) is 2.74. The highest BCUT2D eigenvalue weighted by Gasteiger charge is 2.01. The SMILES string of the molecule is CCNC(=NCc1cccc(OC)c1)NCc1ccc(OCCCN(C)C)cc1.I. The first-order chi connectivity index (χ1) is 14.1. The zero-order valence-electron chi connectivity index (χ0n) is 18.5. The summed E-state index contributed by atoms with van der Waals surface area (Å²) in [5.41, 5.74) is 2.29. The Kier molecular flexibility index (Phi) is 12.9. The van der Waals surface area contributed by atoms with Crippen LogP contribution in [0, 0.1) is 0 Å². The van der Waals surface area contributed by atoms with Crippen LogP contribution >= 0.6 is 24.0 Å². The molecule has 0 unspecified atom stereocenters. The third kappa shape index (κ3) is 10.2. The Morgan fingerprint density at radius 3 is 2.43 bits per heavy atom. The van der Waals surface area contributed by atoms with Gasteiger partial charge in [-0.05, 0) is 62.8 Å². The average Bonchev–Trinajstić information content (AvgIpc) is 2.74. The lowest BCUT2D eigenvalue weighted by atomic mass is 10.2.